The van der Waals surface area contributed by atoms with Crippen LogP contribution in [0.25, 0.3) is 11.0 Å². The molecule has 7 heteroatoms. The van der Waals surface area contributed by atoms with Gasteiger partial charge in [0.15, 0.2) is 6.61 Å². The summed E-state index contributed by atoms with van der Waals surface area (Å²) in [5.41, 5.74) is 3.20. The first-order valence-corrected chi connectivity index (χ1v) is 11.7. The van der Waals surface area contributed by atoms with E-state index in [2.05, 4.69) is 38.8 Å². The van der Waals surface area contributed by atoms with Crippen molar-refractivity contribution in [2.24, 2.45) is 0 Å². The number of para-hydroxylation sites is 3. The lowest BCUT2D eigenvalue weighted by Crippen LogP contribution is -2.31. The Hall–Kier alpha value is -3.32. The van der Waals surface area contributed by atoms with Crippen LogP contribution in [0.1, 0.15) is 11.4 Å². The van der Waals surface area contributed by atoms with Gasteiger partial charge >= 0.3 is 0 Å². The molecule has 4 aromatic rings. The Morgan fingerprint density at radius 1 is 1.00 bits per heavy atom. The molecule has 0 atom stereocenters. The number of nitrogens with one attached hydrogen (secondary N) is 1. The molecule has 0 saturated heterocycles. The van der Waals surface area contributed by atoms with Crippen LogP contribution in [-0.2, 0) is 17.8 Å². The number of hydrogen-bond donors (Lipinski definition) is 1. The van der Waals surface area contributed by atoms with E-state index < -0.39 is 0 Å². The summed E-state index contributed by atoms with van der Waals surface area (Å²) in [7, 11) is 0. The van der Waals surface area contributed by atoms with Crippen LogP contribution in [0.2, 0.25) is 0 Å². The minimum absolute atomic E-state index is 0.0383. The molecule has 0 saturated carbocycles. The van der Waals surface area contributed by atoms with Crippen LogP contribution < -0.4 is 14.8 Å². The van der Waals surface area contributed by atoms with E-state index in [0.717, 1.165) is 27.1 Å². The Morgan fingerprint density at radius 2 is 1.76 bits per heavy atom. The summed E-state index contributed by atoms with van der Waals surface area (Å²) < 4.78 is 14.5. The van der Waals surface area contributed by atoms with Gasteiger partial charge in [-0.25, -0.2) is 4.98 Å². The smallest absolute Gasteiger partial charge is 0.257 e. The maximum atomic E-state index is 12.2. The van der Waals surface area contributed by atoms with E-state index in [9.17, 15) is 4.79 Å². The first-order chi connectivity index (χ1) is 16.1. The average molecular weight is 508 g/mol. The lowest BCUT2D eigenvalue weighted by Gasteiger charge is -2.12. The molecule has 0 unspecified atom stereocenters. The van der Waals surface area contributed by atoms with Crippen molar-refractivity contribution in [3.63, 3.8) is 0 Å². The highest BCUT2D eigenvalue weighted by Gasteiger charge is 2.12. The highest BCUT2D eigenvalue weighted by Crippen LogP contribution is 2.23. The molecule has 0 spiro atoms. The van der Waals surface area contributed by atoms with E-state index in [0.29, 0.717) is 31.9 Å². The molecule has 0 aliphatic rings. The summed E-state index contributed by atoms with van der Waals surface area (Å²) in [6.07, 6.45) is 0.611. The van der Waals surface area contributed by atoms with Crippen molar-refractivity contribution < 1.29 is 14.3 Å². The second-order valence-corrected chi connectivity index (χ2v) is 8.50. The molecule has 1 amide bonds. The van der Waals surface area contributed by atoms with Crippen molar-refractivity contribution in [1.82, 2.24) is 14.9 Å². The minimum atomic E-state index is -0.170. The zero-order valence-electron chi connectivity index (χ0n) is 18.5. The number of ether oxygens (including phenoxy) is 2. The number of amides is 1. The molecule has 33 heavy (non-hydrogen) atoms. The van der Waals surface area contributed by atoms with Crippen LogP contribution >= 0.6 is 15.9 Å². The Morgan fingerprint density at radius 3 is 2.58 bits per heavy atom. The number of rotatable bonds is 10. The van der Waals surface area contributed by atoms with Crippen molar-refractivity contribution in [2.75, 3.05) is 19.8 Å². The minimum Gasteiger partial charge on any atom is -0.492 e. The topological polar surface area (TPSA) is 65.4 Å². The third-order valence-electron chi connectivity index (χ3n) is 5.20. The maximum Gasteiger partial charge on any atom is 0.257 e. The number of aryl methyl sites for hydroxylation is 1. The van der Waals surface area contributed by atoms with E-state index in [1.807, 2.05) is 66.7 Å². The van der Waals surface area contributed by atoms with Crippen molar-refractivity contribution >= 4 is 32.9 Å². The van der Waals surface area contributed by atoms with Crippen molar-refractivity contribution in [2.45, 2.75) is 19.9 Å². The standard InChI is InChI=1S/C26H26BrN3O3/c1-19-10-12-20(13-11-19)32-17-16-30-23-8-4-3-7-22(23)29-25(30)14-15-28-26(31)18-33-24-9-5-2-6-21(24)27/h2-13H,14-18H2,1H3,(H,28,31). The van der Waals surface area contributed by atoms with Gasteiger partial charge in [-0.05, 0) is 59.3 Å². The van der Waals surface area contributed by atoms with E-state index in [4.69, 9.17) is 14.5 Å². The summed E-state index contributed by atoms with van der Waals surface area (Å²) in [5, 5.41) is 2.92. The number of hydrogen-bond acceptors (Lipinski definition) is 4. The van der Waals surface area contributed by atoms with Gasteiger partial charge in [0.2, 0.25) is 0 Å². The molecule has 0 radical (unpaired) electrons. The number of carbonyl (C=O) groups excluding carboxylic acids is 1. The second kappa shape index (κ2) is 11.0. The van der Waals surface area contributed by atoms with Gasteiger partial charge in [-0.15, -0.1) is 0 Å². The summed E-state index contributed by atoms with van der Waals surface area (Å²) >= 11 is 3.41. The second-order valence-electron chi connectivity index (χ2n) is 7.65. The lowest BCUT2D eigenvalue weighted by molar-refractivity contribution is -0.123. The predicted molar refractivity (Wildman–Crippen MR) is 133 cm³/mol. The SMILES string of the molecule is Cc1ccc(OCCn2c(CCNC(=O)COc3ccccc3Br)nc3ccccc32)cc1. The zero-order valence-corrected chi connectivity index (χ0v) is 20.0. The zero-order chi connectivity index (χ0) is 23.0. The van der Waals surface area contributed by atoms with Gasteiger partial charge in [-0.3, -0.25) is 4.79 Å². The molecule has 6 nitrogen and oxygen atoms in total. The third-order valence-corrected chi connectivity index (χ3v) is 5.86. The summed E-state index contributed by atoms with van der Waals surface area (Å²) in [6, 6.07) is 23.5. The van der Waals surface area contributed by atoms with Crippen LogP contribution in [-0.4, -0.2) is 35.2 Å². The fourth-order valence-corrected chi connectivity index (χ4v) is 3.92. The number of imidazole rings is 1. The Kier molecular flexibility index (Phi) is 7.62. The highest BCUT2D eigenvalue weighted by atomic mass is 79.9. The summed E-state index contributed by atoms with van der Waals surface area (Å²) in [5.74, 6) is 2.23. The fraction of sp³-hybridized carbons (Fsp3) is 0.231. The number of nitrogens with zero attached hydrogens (tertiary/aromatic N) is 2. The van der Waals surface area contributed by atoms with Crippen molar-refractivity contribution in [3.05, 3.63) is 88.7 Å². The number of aromatic nitrogens is 2. The molecule has 0 aliphatic heterocycles. The van der Waals surface area contributed by atoms with E-state index in [-0.39, 0.29) is 12.5 Å². The summed E-state index contributed by atoms with van der Waals surface area (Å²) in [6.45, 7) is 3.69. The lowest BCUT2D eigenvalue weighted by atomic mass is 10.2. The van der Waals surface area contributed by atoms with Crippen molar-refractivity contribution in [3.8, 4) is 11.5 Å². The summed E-state index contributed by atoms with van der Waals surface area (Å²) in [4.78, 5) is 17.0. The van der Waals surface area contributed by atoms with Crippen LogP contribution in [0.4, 0.5) is 0 Å². The maximum absolute atomic E-state index is 12.2. The van der Waals surface area contributed by atoms with Crippen LogP contribution in [0.3, 0.4) is 0 Å². The van der Waals surface area contributed by atoms with E-state index >= 15 is 0 Å². The van der Waals surface area contributed by atoms with Gasteiger partial charge in [-0.2, -0.15) is 0 Å². The first-order valence-electron chi connectivity index (χ1n) is 10.9. The third kappa shape index (κ3) is 6.14. The van der Waals surface area contributed by atoms with Crippen LogP contribution in [0, 0.1) is 6.92 Å². The number of halogens is 1. The van der Waals surface area contributed by atoms with Gasteiger partial charge in [-0.1, -0.05) is 42.0 Å². The highest BCUT2D eigenvalue weighted by molar-refractivity contribution is 9.10. The van der Waals surface area contributed by atoms with Crippen LogP contribution in [0.5, 0.6) is 11.5 Å². The molecule has 0 fully saturated rings. The molecular formula is C26H26BrN3O3. The average Bonchev–Trinajstić information content (AvgIpc) is 3.17. The Balaban J connectivity index is 1.33. The Bertz CT molecular complexity index is 1220. The molecule has 4 rings (SSSR count). The fourth-order valence-electron chi connectivity index (χ4n) is 3.52. The molecule has 0 aliphatic carbocycles. The Labute approximate surface area is 201 Å². The van der Waals surface area contributed by atoms with Crippen molar-refractivity contribution in [1.29, 1.82) is 0 Å². The molecule has 0 bridgehead atoms. The number of fused-ring (bicyclic) bond motifs is 1. The normalized spacial score (nSPS) is 10.8. The molecular weight excluding hydrogens is 482 g/mol. The number of benzene rings is 3. The van der Waals surface area contributed by atoms with Crippen LogP contribution in [0.15, 0.2) is 77.3 Å². The number of carbonyl (C=O) groups is 1. The monoisotopic (exact) mass is 507 g/mol. The van der Waals surface area contributed by atoms with Gasteiger partial charge < -0.3 is 19.4 Å². The molecule has 3 aromatic carbocycles. The quantitative estimate of drug-likeness (QED) is 0.330. The van der Waals surface area contributed by atoms with Gasteiger partial charge in [0.05, 0.1) is 22.1 Å². The van der Waals surface area contributed by atoms with Gasteiger partial charge in [0, 0.05) is 13.0 Å². The molecule has 1 heterocycles. The van der Waals surface area contributed by atoms with E-state index in [1.165, 1.54) is 5.56 Å². The molecule has 1 aromatic heterocycles. The molecule has 1 N–H and O–H groups in total. The first kappa shape index (κ1) is 22.9. The van der Waals surface area contributed by atoms with Gasteiger partial charge in [0.25, 0.3) is 5.91 Å². The molecule has 170 valence electrons. The van der Waals surface area contributed by atoms with E-state index in [1.54, 1.807) is 0 Å². The largest absolute Gasteiger partial charge is 0.492 e. The predicted octanol–water partition coefficient (Wildman–Crippen LogP) is 4.92. The van der Waals surface area contributed by atoms with Gasteiger partial charge in [0.1, 0.15) is 23.9 Å².